The molecule has 1 aromatic carbocycles. The van der Waals surface area contributed by atoms with Gasteiger partial charge in [-0.05, 0) is 48.2 Å². The summed E-state index contributed by atoms with van der Waals surface area (Å²) >= 11 is 0. The number of hydrogen-bond acceptors (Lipinski definition) is 2. The van der Waals surface area contributed by atoms with Crippen molar-refractivity contribution in [1.82, 2.24) is 10.6 Å². The SMILES string of the molecule is O=C(NCc1ccco1)NC1CCc2cc(F)ccc21. The lowest BCUT2D eigenvalue weighted by molar-refractivity contribution is 0.235. The Balaban J connectivity index is 1.58. The number of benzene rings is 1. The fourth-order valence-corrected chi connectivity index (χ4v) is 2.53. The Hall–Kier alpha value is -2.30. The van der Waals surface area contributed by atoms with Crippen molar-refractivity contribution >= 4 is 6.03 Å². The van der Waals surface area contributed by atoms with Crippen LogP contribution in [0.1, 0.15) is 29.3 Å². The van der Waals surface area contributed by atoms with E-state index in [2.05, 4.69) is 10.6 Å². The molecule has 1 aromatic heterocycles. The van der Waals surface area contributed by atoms with Crippen LogP contribution < -0.4 is 10.6 Å². The number of nitrogens with one attached hydrogen (secondary N) is 2. The summed E-state index contributed by atoms with van der Waals surface area (Å²) < 4.78 is 18.3. The van der Waals surface area contributed by atoms with Gasteiger partial charge in [-0.3, -0.25) is 0 Å². The van der Waals surface area contributed by atoms with E-state index in [4.69, 9.17) is 4.42 Å². The van der Waals surface area contributed by atoms with Crippen molar-refractivity contribution < 1.29 is 13.6 Å². The maximum atomic E-state index is 13.1. The molecule has 1 aliphatic rings. The molecule has 0 spiro atoms. The van der Waals surface area contributed by atoms with E-state index in [0.29, 0.717) is 12.3 Å². The third-order valence-corrected chi connectivity index (χ3v) is 3.49. The molecule has 5 heteroatoms. The van der Waals surface area contributed by atoms with Crippen LogP contribution >= 0.6 is 0 Å². The van der Waals surface area contributed by atoms with Crippen molar-refractivity contribution in [3.63, 3.8) is 0 Å². The molecule has 1 unspecified atom stereocenters. The zero-order valence-corrected chi connectivity index (χ0v) is 10.9. The maximum Gasteiger partial charge on any atom is 0.315 e. The number of halogens is 1. The van der Waals surface area contributed by atoms with Crippen molar-refractivity contribution in [2.75, 3.05) is 0 Å². The molecule has 3 rings (SSSR count). The van der Waals surface area contributed by atoms with Crippen molar-refractivity contribution in [3.8, 4) is 0 Å². The van der Waals surface area contributed by atoms with Gasteiger partial charge in [0.15, 0.2) is 0 Å². The largest absolute Gasteiger partial charge is 0.467 e. The molecule has 1 heterocycles. The number of hydrogen-bond donors (Lipinski definition) is 2. The Bertz CT molecular complexity index is 610. The first-order valence-electron chi connectivity index (χ1n) is 6.57. The quantitative estimate of drug-likeness (QED) is 0.904. The minimum Gasteiger partial charge on any atom is -0.467 e. The fourth-order valence-electron chi connectivity index (χ4n) is 2.53. The van der Waals surface area contributed by atoms with Crippen LogP contribution in [0.5, 0.6) is 0 Å². The van der Waals surface area contributed by atoms with Crippen molar-refractivity contribution in [2.24, 2.45) is 0 Å². The molecule has 2 amide bonds. The zero-order chi connectivity index (χ0) is 13.9. The van der Waals surface area contributed by atoms with Crippen molar-refractivity contribution in [3.05, 3.63) is 59.3 Å². The number of aryl methyl sites for hydroxylation is 1. The summed E-state index contributed by atoms with van der Waals surface area (Å²) in [5.74, 6) is 0.473. The van der Waals surface area contributed by atoms with Crippen LogP contribution in [0.25, 0.3) is 0 Å². The first-order chi connectivity index (χ1) is 9.72. The van der Waals surface area contributed by atoms with Gasteiger partial charge < -0.3 is 15.1 Å². The average molecular weight is 274 g/mol. The van der Waals surface area contributed by atoms with Gasteiger partial charge in [0.25, 0.3) is 0 Å². The Kier molecular flexibility index (Phi) is 3.41. The lowest BCUT2D eigenvalue weighted by Gasteiger charge is -2.14. The summed E-state index contributed by atoms with van der Waals surface area (Å²) in [6, 6.07) is 7.99. The van der Waals surface area contributed by atoms with Gasteiger partial charge in [-0.2, -0.15) is 0 Å². The molecule has 0 saturated heterocycles. The van der Waals surface area contributed by atoms with Crippen molar-refractivity contribution in [2.45, 2.75) is 25.4 Å². The lowest BCUT2D eigenvalue weighted by atomic mass is 10.1. The molecule has 0 radical (unpaired) electrons. The summed E-state index contributed by atoms with van der Waals surface area (Å²) in [7, 11) is 0. The number of furan rings is 1. The number of urea groups is 1. The second kappa shape index (κ2) is 5.36. The third-order valence-electron chi connectivity index (χ3n) is 3.49. The highest BCUT2D eigenvalue weighted by atomic mass is 19.1. The Morgan fingerprint density at radius 2 is 2.30 bits per heavy atom. The molecule has 1 aliphatic carbocycles. The molecule has 0 fully saturated rings. The van der Waals surface area contributed by atoms with Crippen LogP contribution in [0.2, 0.25) is 0 Å². The van der Waals surface area contributed by atoms with Crippen molar-refractivity contribution in [1.29, 1.82) is 0 Å². The zero-order valence-electron chi connectivity index (χ0n) is 10.9. The van der Waals surface area contributed by atoms with Gasteiger partial charge in [0.2, 0.25) is 0 Å². The van der Waals surface area contributed by atoms with E-state index in [9.17, 15) is 9.18 Å². The number of amides is 2. The summed E-state index contributed by atoms with van der Waals surface area (Å²) in [5, 5.41) is 5.64. The summed E-state index contributed by atoms with van der Waals surface area (Å²) in [6.07, 6.45) is 3.15. The Morgan fingerprint density at radius 1 is 1.40 bits per heavy atom. The molecular weight excluding hydrogens is 259 g/mol. The normalized spacial score (nSPS) is 16.8. The fraction of sp³-hybridized carbons (Fsp3) is 0.267. The predicted molar refractivity (Wildman–Crippen MR) is 71.5 cm³/mol. The van der Waals surface area contributed by atoms with Crippen LogP contribution in [0.3, 0.4) is 0 Å². The molecule has 20 heavy (non-hydrogen) atoms. The Labute approximate surface area is 116 Å². The van der Waals surface area contributed by atoms with E-state index in [1.807, 2.05) is 0 Å². The molecule has 0 aliphatic heterocycles. The second-order valence-corrected chi connectivity index (χ2v) is 4.84. The van der Waals surface area contributed by atoms with E-state index < -0.39 is 0 Å². The van der Waals surface area contributed by atoms with Crippen LogP contribution in [-0.2, 0) is 13.0 Å². The van der Waals surface area contributed by atoms with Crippen LogP contribution in [-0.4, -0.2) is 6.03 Å². The third kappa shape index (κ3) is 2.66. The number of carbonyl (C=O) groups excluding carboxylic acids is 1. The molecule has 104 valence electrons. The topological polar surface area (TPSA) is 54.3 Å². The molecule has 2 N–H and O–H groups in total. The van der Waals surface area contributed by atoms with Gasteiger partial charge in [-0.25, -0.2) is 9.18 Å². The van der Waals surface area contributed by atoms with Gasteiger partial charge in [0.05, 0.1) is 18.8 Å². The van der Waals surface area contributed by atoms with Gasteiger partial charge in [-0.1, -0.05) is 6.07 Å². The van der Waals surface area contributed by atoms with Gasteiger partial charge in [0, 0.05) is 0 Å². The molecule has 0 saturated carbocycles. The minimum atomic E-state index is -0.247. The number of carbonyl (C=O) groups is 1. The van der Waals surface area contributed by atoms with Gasteiger partial charge >= 0.3 is 6.03 Å². The predicted octanol–water partition coefficient (Wildman–Crippen LogP) is 2.91. The van der Waals surface area contributed by atoms with E-state index in [-0.39, 0.29) is 17.9 Å². The standard InChI is InChI=1S/C15H15FN2O2/c16-11-4-5-13-10(8-11)3-6-14(13)18-15(19)17-9-12-2-1-7-20-12/h1-2,4-5,7-8,14H,3,6,9H2,(H2,17,18,19). The van der Waals surface area contributed by atoms with E-state index in [1.54, 1.807) is 24.5 Å². The van der Waals surface area contributed by atoms with Gasteiger partial charge in [0.1, 0.15) is 11.6 Å². The highest BCUT2D eigenvalue weighted by molar-refractivity contribution is 5.74. The number of fused-ring (bicyclic) bond motifs is 1. The minimum absolute atomic E-state index is 0.0535. The van der Waals surface area contributed by atoms with Crippen LogP contribution in [0.4, 0.5) is 9.18 Å². The molecule has 0 bridgehead atoms. The average Bonchev–Trinajstić information content (AvgIpc) is 3.06. The maximum absolute atomic E-state index is 13.1. The van der Waals surface area contributed by atoms with Crippen LogP contribution in [0.15, 0.2) is 41.0 Å². The summed E-state index contributed by atoms with van der Waals surface area (Å²) in [5.41, 5.74) is 1.97. The molecule has 1 atom stereocenters. The van der Waals surface area contributed by atoms with Gasteiger partial charge in [-0.15, -0.1) is 0 Å². The molecular formula is C15H15FN2O2. The monoisotopic (exact) mass is 274 g/mol. The highest BCUT2D eigenvalue weighted by Gasteiger charge is 2.24. The lowest BCUT2D eigenvalue weighted by Crippen LogP contribution is -2.36. The highest BCUT2D eigenvalue weighted by Crippen LogP contribution is 2.31. The molecule has 4 nitrogen and oxygen atoms in total. The first-order valence-corrected chi connectivity index (χ1v) is 6.57. The second-order valence-electron chi connectivity index (χ2n) is 4.84. The van der Waals surface area contributed by atoms with E-state index in [0.717, 1.165) is 24.0 Å². The van der Waals surface area contributed by atoms with E-state index in [1.165, 1.54) is 12.1 Å². The van der Waals surface area contributed by atoms with E-state index >= 15 is 0 Å². The first kappa shape index (κ1) is 12.7. The smallest absolute Gasteiger partial charge is 0.315 e. The number of rotatable bonds is 3. The summed E-state index contributed by atoms with van der Waals surface area (Å²) in [6.45, 7) is 0.349. The Morgan fingerprint density at radius 3 is 3.10 bits per heavy atom. The molecule has 2 aromatic rings. The summed E-state index contributed by atoms with van der Waals surface area (Å²) in [4.78, 5) is 11.8. The van der Waals surface area contributed by atoms with Crippen LogP contribution in [0, 0.1) is 5.82 Å².